The summed E-state index contributed by atoms with van der Waals surface area (Å²) in [4.78, 5) is 25.7. The first-order chi connectivity index (χ1) is 12.4. The van der Waals surface area contributed by atoms with E-state index in [0.29, 0.717) is 5.69 Å². The molecule has 0 spiro atoms. The van der Waals surface area contributed by atoms with E-state index in [1.165, 1.54) is 47.4 Å². The molecule has 1 atom stereocenters. The van der Waals surface area contributed by atoms with E-state index in [-0.39, 0.29) is 30.3 Å². The van der Waals surface area contributed by atoms with E-state index in [4.69, 9.17) is 0 Å². The lowest BCUT2D eigenvalue weighted by molar-refractivity contribution is -0.122. The molecule has 26 heavy (non-hydrogen) atoms. The SMILES string of the molecule is O=C(Nc1ccc(OC(F)F)cc1)C1CC(=O)N(c2ccccc2F)C1. The van der Waals surface area contributed by atoms with Gasteiger partial charge in [-0.2, -0.15) is 8.78 Å². The Morgan fingerprint density at radius 1 is 1.15 bits per heavy atom. The number of hydrogen-bond donors (Lipinski definition) is 1. The Hall–Kier alpha value is -3.03. The zero-order chi connectivity index (χ0) is 18.7. The number of carbonyl (C=O) groups excluding carboxylic acids is 2. The van der Waals surface area contributed by atoms with Crippen LogP contribution >= 0.6 is 0 Å². The third-order valence-electron chi connectivity index (χ3n) is 3.99. The number of hydrogen-bond acceptors (Lipinski definition) is 3. The monoisotopic (exact) mass is 364 g/mol. The highest BCUT2D eigenvalue weighted by Crippen LogP contribution is 2.28. The summed E-state index contributed by atoms with van der Waals surface area (Å²) >= 11 is 0. The van der Waals surface area contributed by atoms with Crippen molar-refractivity contribution in [1.82, 2.24) is 0 Å². The minimum absolute atomic E-state index is 0.0280. The van der Waals surface area contributed by atoms with Crippen molar-refractivity contribution in [3.63, 3.8) is 0 Å². The maximum absolute atomic E-state index is 13.9. The number of amides is 2. The van der Waals surface area contributed by atoms with Gasteiger partial charge in [0.1, 0.15) is 11.6 Å². The van der Waals surface area contributed by atoms with Gasteiger partial charge in [0.2, 0.25) is 11.8 Å². The molecule has 5 nitrogen and oxygen atoms in total. The number of carbonyl (C=O) groups is 2. The molecular weight excluding hydrogens is 349 g/mol. The number of benzene rings is 2. The molecule has 3 rings (SSSR count). The molecule has 136 valence electrons. The Labute approximate surface area is 147 Å². The number of nitrogens with zero attached hydrogens (tertiary/aromatic N) is 1. The van der Waals surface area contributed by atoms with E-state index in [1.807, 2.05) is 0 Å². The molecule has 1 heterocycles. The topological polar surface area (TPSA) is 58.6 Å². The van der Waals surface area contributed by atoms with Crippen LogP contribution in [0.5, 0.6) is 5.75 Å². The van der Waals surface area contributed by atoms with Crippen LogP contribution in [0.15, 0.2) is 48.5 Å². The molecule has 1 saturated heterocycles. The summed E-state index contributed by atoms with van der Waals surface area (Å²) in [5, 5.41) is 2.62. The van der Waals surface area contributed by atoms with Crippen LogP contribution in [-0.4, -0.2) is 25.0 Å². The molecule has 2 amide bonds. The number of halogens is 3. The van der Waals surface area contributed by atoms with Crippen LogP contribution < -0.4 is 15.0 Å². The van der Waals surface area contributed by atoms with Gasteiger partial charge in [0, 0.05) is 18.7 Å². The van der Waals surface area contributed by atoms with Gasteiger partial charge in [0.25, 0.3) is 0 Å². The van der Waals surface area contributed by atoms with Crippen LogP contribution in [0.3, 0.4) is 0 Å². The van der Waals surface area contributed by atoms with E-state index in [2.05, 4.69) is 10.1 Å². The molecule has 0 saturated carbocycles. The van der Waals surface area contributed by atoms with Crippen molar-refractivity contribution >= 4 is 23.2 Å². The summed E-state index contributed by atoms with van der Waals surface area (Å²) in [7, 11) is 0. The third kappa shape index (κ3) is 3.96. The Bertz CT molecular complexity index is 812. The van der Waals surface area contributed by atoms with Gasteiger partial charge in [-0.05, 0) is 36.4 Å². The Morgan fingerprint density at radius 3 is 2.50 bits per heavy atom. The molecule has 1 unspecified atom stereocenters. The molecule has 2 aromatic rings. The van der Waals surface area contributed by atoms with Gasteiger partial charge in [0.15, 0.2) is 0 Å². The maximum atomic E-state index is 13.9. The fraction of sp³-hybridized carbons (Fsp3) is 0.222. The van der Waals surface area contributed by atoms with Crippen molar-refractivity contribution in [1.29, 1.82) is 0 Å². The standard InChI is InChI=1S/C18H15F3N2O3/c19-14-3-1-2-4-15(14)23-10-11(9-16(23)24)17(25)22-12-5-7-13(8-6-12)26-18(20)21/h1-8,11,18H,9-10H2,(H,22,25). The second-order valence-corrected chi connectivity index (χ2v) is 5.75. The van der Waals surface area contributed by atoms with Crippen LogP contribution in [0, 0.1) is 11.7 Å². The summed E-state index contributed by atoms with van der Waals surface area (Å²) in [5.74, 6) is -1.94. The number of anilines is 2. The molecule has 2 aromatic carbocycles. The van der Waals surface area contributed by atoms with Crippen LogP contribution in [0.25, 0.3) is 0 Å². The van der Waals surface area contributed by atoms with Crippen LogP contribution in [0.1, 0.15) is 6.42 Å². The van der Waals surface area contributed by atoms with Gasteiger partial charge in [-0.3, -0.25) is 9.59 Å². The largest absolute Gasteiger partial charge is 0.435 e. The highest BCUT2D eigenvalue weighted by molar-refractivity contribution is 6.03. The van der Waals surface area contributed by atoms with Gasteiger partial charge in [-0.25, -0.2) is 4.39 Å². The van der Waals surface area contributed by atoms with Crippen molar-refractivity contribution in [3.8, 4) is 5.75 Å². The van der Waals surface area contributed by atoms with Gasteiger partial charge < -0.3 is 15.0 Å². The summed E-state index contributed by atoms with van der Waals surface area (Å²) in [6, 6.07) is 11.3. The second kappa shape index (κ2) is 7.47. The zero-order valence-electron chi connectivity index (χ0n) is 13.5. The molecule has 0 radical (unpaired) electrons. The lowest BCUT2D eigenvalue weighted by atomic mass is 10.1. The second-order valence-electron chi connectivity index (χ2n) is 5.75. The lowest BCUT2D eigenvalue weighted by Crippen LogP contribution is -2.28. The number of nitrogens with one attached hydrogen (secondary N) is 1. The minimum atomic E-state index is -2.93. The van der Waals surface area contributed by atoms with Gasteiger partial charge in [0.05, 0.1) is 11.6 Å². The fourth-order valence-corrected chi connectivity index (χ4v) is 2.75. The average molecular weight is 364 g/mol. The van der Waals surface area contributed by atoms with Crippen molar-refractivity contribution in [2.75, 3.05) is 16.8 Å². The Balaban J connectivity index is 1.64. The number of alkyl halides is 2. The van der Waals surface area contributed by atoms with Crippen molar-refractivity contribution < 1.29 is 27.5 Å². The van der Waals surface area contributed by atoms with Crippen molar-refractivity contribution in [2.45, 2.75) is 13.0 Å². The van der Waals surface area contributed by atoms with Crippen LogP contribution in [-0.2, 0) is 9.59 Å². The molecule has 1 N–H and O–H groups in total. The summed E-state index contributed by atoms with van der Waals surface area (Å²) < 4.78 is 42.3. The van der Waals surface area contributed by atoms with Gasteiger partial charge in [-0.1, -0.05) is 12.1 Å². The minimum Gasteiger partial charge on any atom is -0.435 e. The highest BCUT2D eigenvalue weighted by atomic mass is 19.3. The van der Waals surface area contributed by atoms with E-state index < -0.39 is 24.3 Å². The summed E-state index contributed by atoms with van der Waals surface area (Å²) in [6.07, 6.45) is -0.0350. The van der Waals surface area contributed by atoms with E-state index in [9.17, 15) is 22.8 Å². The van der Waals surface area contributed by atoms with Crippen LogP contribution in [0.2, 0.25) is 0 Å². The van der Waals surface area contributed by atoms with Gasteiger partial charge in [-0.15, -0.1) is 0 Å². The van der Waals surface area contributed by atoms with E-state index >= 15 is 0 Å². The zero-order valence-corrected chi connectivity index (χ0v) is 13.5. The normalized spacial score (nSPS) is 16.8. The molecule has 0 bridgehead atoms. The smallest absolute Gasteiger partial charge is 0.387 e. The molecule has 0 aliphatic carbocycles. The number of ether oxygens (including phenoxy) is 1. The summed E-state index contributed by atoms with van der Waals surface area (Å²) in [6.45, 7) is -2.86. The fourth-order valence-electron chi connectivity index (χ4n) is 2.75. The Morgan fingerprint density at radius 2 is 1.85 bits per heavy atom. The van der Waals surface area contributed by atoms with Gasteiger partial charge >= 0.3 is 6.61 Å². The number of para-hydroxylation sites is 1. The summed E-state index contributed by atoms with van der Waals surface area (Å²) in [5.41, 5.74) is 0.523. The maximum Gasteiger partial charge on any atom is 0.387 e. The van der Waals surface area contributed by atoms with E-state index in [1.54, 1.807) is 6.07 Å². The quantitative estimate of drug-likeness (QED) is 0.885. The highest BCUT2D eigenvalue weighted by Gasteiger charge is 2.36. The average Bonchev–Trinajstić information content (AvgIpc) is 2.98. The first-order valence-electron chi connectivity index (χ1n) is 7.84. The lowest BCUT2D eigenvalue weighted by Gasteiger charge is -2.17. The van der Waals surface area contributed by atoms with Crippen molar-refractivity contribution in [3.05, 3.63) is 54.3 Å². The molecule has 8 heteroatoms. The molecule has 1 aliphatic rings. The van der Waals surface area contributed by atoms with E-state index in [0.717, 1.165) is 0 Å². The Kier molecular flexibility index (Phi) is 5.11. The van der Waals surface area contributed by atoms with Crippen LogP contribution in [0.4, 0.5) is 24.5 Å². The number of rotatable bonds is 5. The third-order valence-corrected chi connectivity index (χ3v) is 3.99. The molecule has 1 aliphatic heterocycles. The molecule has 1 fully saturated rings. The predicted molar refractivity (Wildman–Crippen MR) is 88.6 cm³/mol. The molecule has 0 aromatic heterocycles. The predicted octanol–water partition coefficient (Wildman–Crippen LogP) is 3.42. The first-order valence-corrected chi connectivity index (χ1v) is 7.84. The first kappa shape index (κ1) is 17.8. The van der Waals surface area contributed by atoms with Crippen molar-refractivity contribution in [2.24, 2.45) is 5.92 Å². The molecular formula is C18H15F3N2O3.